The van der Waals surface area contributed by atoms with Gasteiger partial charge in [-0.1, -0.05) is 0 Å². The van der Waals surface area contributed by atoms with Crippen molar-refractivity contribution in [2.24, 2.45) is 0 Å². The SMILES string of the molecule is Cc1nccn1Cc1ccsc1. The van der Waals surface area contributed by atoms with E-state index in [2.05, 4.69) is 26.4 Å². The van der Waals surface area contributed by atoms with Crippen molar-refractivity contribution in [3.63, 3.8) is 0 Å². The summed E-state index contributed by atoms with van der Waals surface area (Å²) in [5.74, 6) is 1.07. The molecule has 0 aromatic carbocycles. The minimum Gasteiger partial charge on any atom is -0.331 e. The van der Waals surface area contributed by atoms with Crippen LogP contribution in [0.4, 0.5) is 0 Å². The molecule has 2 aromatic heterocycles. The molecular formula is C9H10N2S. The number of aryl methyl sites for hydroxylation is 1. The number of nitrogens with zero attached hydrogens (tertiary/aromatic N) is 2. The first kappa shape index (κ1) is 7.55. The zero-order valence-corrected chi connectivity index (χ0v) is 7.71. The smallest absolute Gasteiger partial charge is 0.105 e. The van der Waals surface area contributed by atoms with Crippen LogP contribution in [0.3, 0.4) is 0 Å². The summed E-state index contributed by atoms with van der Waals surface area (Å²) >= 11 is 1.73. The maximum absolute atomic E-state index is 4.16. The van der Waals surface area contributed by atoms with Gasteiger partial charge < -0.3 is 4.57 Å². The summed E-state index contributed by atoms with van der Waals surface area (Å²) in [6.45, 7) is 2.96. The van der Waals surface area contributed by atoms with Crippen LogP contribution < -0.4 is 0 Å². The number of hydrogen-bond donors (Lipinski definition) is 0. The van der Waals surface area contributed by atoms with Crippen molar-refractivity contribution in [2.45, 2.75) is 13.5 Å². The van der Waals surface area contributed by atoms with Crippen molar-refractivity contribution < 1.29 is 0 Å². The third-order valence-electron chi connectivity index (χ3n) is 1.86. The largest absolute Gasteiger partial charge is 0.331 e. The number of thiophene rings is 1. The van der Waals surface area contributed by atoms with E-state index >= 15 is 0 Å². The van der Waals surface area contributed by atoms with Crippen LogP contribution in [-0.2, 0) is 6.54 Å². The molecule has 0 radical (unpaired) electrons. The van der Waals surface area contributed by atoms with Crippen LogP contribution in [0.1, 0.15) is 11.4 Å². The van der Waals surface area contributed by atoms with E-state index in [1.807, 2.05) is 19.3 Å². The normalized spacial score (nSPS) is 10.4. The standard InChI is InChI=1S/C9H10N2S/c1-8-10-3-4-11(8)6-9-2-5-12-7-9/h2-5,7H,6H2,1H3. The van der Waals surface area contributed by atoms with Crippen molar-refractivity contribution in [1.29, 1.82) is 0 Å². The molecule has 0 aliphatic heterocycles. The minimum atomic E-state index is 0.940. The lowest BCUT2D eigenvalue weighted by Gasteiger charge is -2.01. The number of imidazole rings is 1. The van der Waals surface area contributed by atoms with Gasteiger partial charge in [-0.3, -0.25) is 0 Å². The van der Waals surface area contributed by atoms with Crippen molar-refractivity contribution in [1.82, 2.24) is 9.55 Å². The van der Waals surface area contributed by atoms with Gasteiger partial charge in [0.1, 0.15) is 5.82 Å². The molecule has 2 nitrogen and oxygen atoms in total. The summed E-state index contributed by atoms with van der Waals surface area (Å²) in [6, 6.07) is 2.14. The monoisotopic (exact) mass is 178 g/mol. The molecule has 3 heteroatoms. The van der Waals surface area contributed by atoms with Crippen LogP contribution in [-0.4, -0.2) is 9.55 Å². The average molecular weight is 178 g/mol. The van der Waals surface area contributed by atoms with Crippen LogP contribution in [0.25, 0.3) is 0 Å². The third-order valence-corrected chi connectivity index (χ3v) is 2.59. The lowest BCUT2D eigenvalue weighted by molar-refractivity contribution is 0.764. The first-order valence-corrected chi connectivity index (χ1v) is 4.79. The molecular weight excluding hydrogens is 168 g/mol. The van der Waals surface area contributed by atoms with Gasteiger partial charge in [-0.05, 0) is 29.3 Å². The fourth-order valence-corrected chi connectivity index (χ4v) is 1.81. The molecule has 62 valence electrons. The summed E-state index contributed by atoms with van der Waals surface area (Å²) in [6.07, 6.45) is 3.84. The highest BCUT2D eigenvalue weighted by molar-refractivity contribution is 7.07. The van der Waals surface area contributed by atoms with E-state index in [9.17, 15) is 0 Å². The van der Waals surface area contributed by atoms with Crippen molar-refractivity contribution in [2.75, 3.05) is 0 Å². The fourth-order valence-electron chi connectivity index (χ4n) is 1.15. The predicted molar refractivity (Wildman–Crippen MR) is 50.4 cm³/mol. The predicted octanol–water partition coefficient (Wildman–Crippen LogP) is 2.30. The molecule has 0 saturated heterocycles. The Labute approximate surface area is 75.5 Å². The molecule has 2 heterocycles. The lowest BCUT2D eigenvalue weighted by Crippen LogP contribution is -1.98. The molecule has 0 unspecified atom stereocenters. The van der Waals surface area contributed by atoms with E-state index in [-0.39, 0.29) is 0 Å². The highest BCUT2D eigenvalue weighted by Crippen LogP contribution is 2.08. The molecule has 0 bridgehead atoms. The third kappa shape index (κ3) is 1.41. The van der Waals surface area contributed by atoms with Gasteiger partial charge in [0, 0.05) is 18.9 Å². The second kappa shape index (κ2) is 3.11. The van der Waals surface area contributed by atoms with Gasteiger partial charge in [-0.25, -0.2) is 4.98 Å². The van der Waals surface area contributed by atoms with E-state index in [0.717, 1.165) is 12.4 Å². The zero-order valence-electron chi connectivity index (χ0n) is 6.90. The Morgan fingerprint density at radius 2 is 2.50 bits per heavy atom. The van der Waals surface area contributed by atoms with Crippen LogP contribution in [0.2, 0.25) is 0 Å². The molecule has 2 aromatic rings. The van der Waals surface area contributed by atoms with Gasteiger partial charge >= 0.3 is 0 Å². The van der Waals surface area contributed by atoms with Crippen LogP contribution >= 0.6 is 11.3 Å². The topological polar surface area (TPSA) is 17.8 Å². The van der Waals surface area contributed by atoms with Gasteiger partial charge in [0.2, 0.25) is 0 Å². The maximum atomic E-state index is 4.16. The highest BCUT2D eigenvalue weighted by atomic mass is 32.1. The summed E-state index contributed by atoms with van der Waals surface area (Å²) in [5.41, 5.74) is 1.35. The average Bonchev–Trinajstić information content (AvgIpc) is 2.65. The molecule has 0 spiro atoms. The second-order valence-electron chi connectivity index (χ2n) is 2.73. The number of aromatic nitrogens is 2. The zero-order chi connectivity index (χ0) is 8.39. The van der Waals surface area contributed by atoms with Gasteiger partial charge in [0.25, 0.3) is 0 Å². The van der Waals surface area contributed by atoms with Crippen molar-refractivity contribution in [3.05, 3.63) is 40.6 Å². The Kier molecular flexibility index (Phi) is 1.96. The Morgan fingerprint density at radius 3 is 3.08 bits per heavy atom. The molecule has 0 atom stereocenters. The van der Waals surface area contributed by atoms with Crippen molar-refractivity contribution in [3.8, 4) is 0 Å². The van der Waals surface area contributed by atoms with E-state index in [4.69, 9.17) is 0 Å². The Hall–Kier alpha value is -1.09. The summed E-state index contributed by atoms with van der Waals surface area (Å²) < 4.78 is 2.14. The van der Waals surface area contributed by atoms with Crippen LogP contribution in [0.15, 0.2) is 29.2 Å². The molecule has 0 aliphatic rings. The summed E-state index contributed by atoms with van der Waals surface area (Å²) in [7, 11) is 0. The van der Waals surface area contributed by atoms with E-state index in [1.54, 1.807) is 11.3 Å². The maximum Gasteiger partial charge on any atom is 0.105 e. The van der Waals surface area contributed by atoms with Crippen LogP contribution in [0.5, 0.6) is 0 Å². The molecule has 0 aliphatic carbocycles. The molecule has 2 rings (SSSR count). The van der Waals surface area contributed by atoms with Gasteiger partial charge in [-0.15, -0.1) is 0 Å². The molecule has 0 amide bonds. The molecule has 0 N–H and O–H groups in total. The molecule has 0 fully saturated rings. The Morgan fingerprint density at radius 1 is 1.58 bits per heavy atom. The summed E-state index contributed by atoms with van der Waals surface area (Å²) in [4.78, 5) is 4.16. The first-order chi connectivity index (χ1) is 5.86. The fraction of sp³-hybridized carbons (Fsp3) is 0.222. The minimum absolute atomic E-state index is 0.940. The quantitative estimate of drug-likeness (QED) is 0.690. The number of hydrogen-bond acceptors (Lipinski definition) is 2. The number of rotatable bonds is 2. The second-order valence-corrected chi connectivity index (χ2v) is 3.51. The van der Waals surface area contributed by atoms with Crippen LogP contribution in [0, 0.1) is 6.92 Å². The highest BCUT2D eigenvalue weighted by Gasteiger charge is 1.97. The van der Waals surface area contributed by atoms with Crippen molar-refractivity contribution >= 4 is 11.3 Å². The van der Waals surface area contributed by atoms with E-state index in [0.29, 0.717) is 0 Å². The Balaban J connectivity index is 2.20. The first-order valence-electron chi connectivity index (χ1n) is 3.85. The van der Waals surface area contributed by atoms with Gasteiger partial charge in [0.05, 0.1) is 0 Å². The Bertz CT molecular complexity index is 348. The van der Waals surface area contributed by atoms with Gasteiger partial charge in [-0.2, -0.15) is 11.3 Å². The van der Waals surface area contributed by atoms with E-state index in [1.165, 1.54) is 5.56 Å². The molecule has 12 heavy (non-hydrogen) atoms. The lowest BCUT2D eigenvalue weighted by atomic mass is 10.3. The molecule has 0 saturated carbocycles. The van der Waals surface area contributed by atoms with E-state index < -0.39 is 0 Å². The summed E-state index contributed by atoms with van der Waals surface area (Å²) in [5, 5.41) is 4.26. The van der Waals surface area contributed by atoms with Gasteiger partial charge in [0.15, 0.2) is 0 Å².